The van der Waals surface area contributed by atoms with Gasteiger partial charge in [-0.1, -0.05) is 6.07 Å². The molecule has 1 unspecified atom stereocenters. The molecule has 0 spiro atoms. The molecule has 0 amide bonds. The number of ether oxygens (including phenoxy) is 2. The summed E-state index contributed by atoms with van der Waals surface area (Å²) in [5.41, 5.74) is 0. The molecule has 1 aromatic rings. The monoisotopic (exact) mass is 226 g/mol. The van der Waals surface area contributed by atoms with Gasteiger partial charge in [-0.05, 0) is 17.9 Å². The molecule has 4 nitrogen and oxygen atoms in total. The average Bonchev–Trinajstić information content (AvgIpc) is 2.84. The van der Waals surface area contributed by atoms with Crippen LogP contribution >= 0.6 is 11.3 Å². The highest BCUT2D eigenvalue weighted by molar-refractivity contribution is 7.11. The van der Waals surface area contributed by atoms with Gasteiger partial charge >= 0.3 is 11.9 Å². The van der Waals surface area contributed by atoms with E-state index in [0.717, 1.165) is 0 Å². The first kappa shape index (κ1) is 10.2. The minimum Gasteiger partial charge on any atom is -0.459 e. The van der Waals surface area contributed by atoms with Gasteiger partial charge in [-0.2, -0.15) is 0 Å². The maximum absolute atomic E-state index is 11.4. The number of esters is 2. The van der Waals surface area contributed by atoms with Crippen LogP contribution in [0.3, 0.4) is 0 Å². The summed E-state index contributed by atoms with van der Waals surface area (Å²) in [5.74, 6) is -0.569. The fourth-order valence-corrected chi connectivity index (χ4v) is 1.95. The van der Waals surface area contributed by atoms with Gasteiger partial charge in [0, 0.05) is 6.42 Å². The molecule has 80 valence electrons. The van der Waals surface area contributed by atoms with Crippen molar-refractivity contribution in [2.24, 2.45) is 0 Å². The van der Waals surface area contributed by atoms with Crippen molar-refractivity contribution >= 4 is 23.3 Å². The summed E-state index contributed by atoms with van der Waals surface area (Å²) < 4.78 is 9.93. The predicted octanol–water partition coefficient (Wildman–Crippen LogP) is 1.61. The minimum absolute atomic E-state index is 0.155. The van der Waals surface area contributed by atoms with Crippen LogP contribution in [0.4, 0.5) is 0 Å². The van der Waals surface area contributed by atoms with Crippen LogP contribution in [-0.4, -0.2) is 24.6 Å². The topological polar surface area (TPSA) is 52.6 Å². The van der Waals surface area contributed by atoms with E-state index in [9.17, 15) is 9.59 Å². The molecule has 1 saturated heterocycles. The number of thiophene rings is 1. The van der Waals surface area contributed by atoms with Gasteiger partial charge in [-0.3, -0.25) is 4.79 Å². The second-order valence-electron chi connectivity index (χ2n) is 3.23. The first-order chi connectivity index (χ1) is 7.25. The van der Waals surface area contributed by atoms with E-state index < -0.39 is 0 Å². The van der Waals surface area contributed by atoms with Gasteiger partial charge in [0.15, 0.2) is 0 Å². The van der Waals surface area contributed by atoms with E-state index in [-0.39, 0.29) is 24.6 Å². The maximum atomic E-state index is 11.4. The third-order valence-electron chi connectivity index (χ3n) is 2.09. The minimum atomic E-state index is -0.354. The maximum Gasteiger partial charge on any atom is 0.348 e. The zero-order chi connectivity index (χ0) is 10.7. The molecule has 0 aliphatic carbocycles. The fourth-order valence-electron chi connectivity index (χ4n) is 1.33. The van der Waals surface area contributed by atoms with Gasteiger partial charge in [0.25, 0.3) is 0 Å². The Hall–Kier alpha value is -1.36. The summed E-state index contributed by atoms with van der Waals surface area (Å²) in [6.45, 7) is 0.155. The molecule has 0 bridgehead atoms. The Morgan fingerprint density at radius 2 is 2.53 bits per heavy atom. The van der Waals surface area contributed by atoms with Crippen LogP contribution in [0.2, 0.25) is 0 Å². The third-order valence-corrected chi connectivity index (χ3v) is 2.94. The summed E-state index contributed by atoms with van der Waals surface area (Å²) >= 11 is 1.33. The molecule has 2 heterocycles. The van der Waals surface area contributed by atoms with Crippen molar-refractivity contribution in [3.63, 3.8) is 0 Å². The van der Waals surface area contributed by atoms with Crippen molar-refractivity contribution in [3.05, 3.63) is 22.4 Å². The molecule has 0 N–H and O–H groups in total. The van der Waals surface area contributed by atoms with Gasteiger partial charge in [0.2, 0.25) is 0 Å². The molecule has 0 saturated carbocycles. The zero-order valence-corrected chi connectivity index (χ0v) is 8.79. The first-order valence-corrected chi connectivity index (χ1v) is 5.54. The van der Waals surface area contributed by atoms with Crippen LogP contribution in [-0.2, 0) is 14.3 Å². The number of hydrogen-bond acceptors (Lipinski definition) is 5. The second-order valence-corrected chi connectivity index (χ2v) is 4.17. The Bertz CT molecular complexity index is 358. The molecule has 15 heavy (non-hydrogen) atoms. The molecule has 2 rings (SSSR count). The molecule has 0 radical (unpaired) electrons. The summed E-state index contributed by atoms with van der Waals surface area (Å²) in [6.07, 6.45) is 0.791. The molecule has 1 aliphatic heterocycles. The Morgan fingerprint density at radius 3 is 3.13 bits per heavy atom. The standard InChI is InChI=1S/C10H10O4S/c11-9-4-3-7(14-9)6-13-10(12)8-2-1-5-15-8/h1-2,5,7H,3-4,6H2. The Labute approximate surface area is 90.8 Å². The highest BCUT2D eigenvalue weighted by Crippen LogP contribution is 2.15. The molecule has 1 fully saturated rings. The van der Waals surface area contributed by atoms with Gasteiger partial charge < -0.3 is 9.47 Å². The van der Waals surface area contributed by atoms with E-state index in [1.54, 1.807) is 12.1 Å². The first-order valence-electron chi connectivity index (χ1n) is 4.66. The van der Waals surface area contributed by atoms with Crippen LogP contribution in [0.25, 0.3) is 0 Å². The molecule has 5 heteroatoms. The number of rotatable bonds is 3. The molecular weight excluding hydrogens is 216 g/mol. The van der Waals surface area contributed by atoms with Crippen LogP contribution in [0.15, 0.2) is 17.5 Å². The largest absolute Gasteiger partial charge is 0.459 e. The third kappa shape index (κ3) is 2.56. The van der Waals surface area contributed by atoms with E-state index in [0.29, 0.717) is 17.7 Å². The average molecular weight is 226 g/mol. The molecule has 0 aromatic carbocycles. The molecular formula is C10H10O4S. The lowest BCUT2D eigenvalue weighted by Crippen LogP contribution is -2.18. The fraction of sp³-hybridized carbons (Fsp3) is 0.400. The Morgan fingerprint density at radius 1 is 1.67 bits per heavy atom. The van der Waals surface area contributed by atoms with Crippen molar-refractivity contribution in [1.29, 1.82) is 0 Å². The van der Waals surface area contributed by atoms with Gasteiger partial charge in [-0.15, -0.1) is 11.3 Å². The Balaban J connectivity index is 1.79. The van der Waals surface area contributed by atoms with E-state index >= 15 is 0 Å². The van der Waals surface area contributed by atoms with Crippen molar-refractivity contribution in [2.75, 3.05) is 6.61 Å². The smallest absolute Gasteiger partial charge is 0.348 e. The summed E-state index contributed by atoms with van der Waals surface area (Å²) in [5, 5.41) is 1.81. The highest BCUT2D eigenvalue weighted by atomic mass is 32.1. The number of cyclic esters (lactones) is 1. The number of carbonyl (C=O) groups is 2. The van der Waals surface area contributed by atoms with E-state index in [4.69, 9.17) is 9.47 Å². The molecule has 1 atom stereocenters. The summed E-state index contributed by atoms with van der Waals surface area (Å²) in [4.78, 5) is 22.7. The second kappa shape index (κ2) is 4.44. The normalized spacial score (nSPS) is 20.0. The van der Waals surface area contributed by atoms with Crippen LogP contribution < -0.4 is 0 Å². The lowest BCUT2D eigenvalue weighted by atomic mass is 10.2. The van der Waals surface area contributed by atoms with Crippen LogP contribution in [0.1, 0.15) is 22.5 Å². The lowest BCUT2D eigenvalue weighted by molar-refractivity contribution is -0.142. The van der Waals surface area contributed by atoms with Crippen molar-refractivity contribution < 1.29 is 19.1 Å². The summed E-state index contributed by atoms with van der Waals surface area (Å²) in [6, 6.07) is 3.49. The van der Waals surface area contributed by atoms with Crippen molar-refractivity contribution in [3.8, 4) is 0 Å². The quantitative estimate of drug-likeness (QED) is 0.735. The SMILES string of the molecule is O=C1CCC(COC(=O)c2cccs2)O1. The van der Waals surface area contributed by atoms with E-state index in [2.05, 4.69) is 0 Å². The van der Waals surface area contributed by atoms with Gasteiger partial charge in [0.05, 0.1) is 0 Å². The lowest BCUT2D eigenvalue weighted by Gasteiger charge is -2.08. The number of carbonyl (C=O) groups excluding carboxylic acids is 2. The zero-order valence-electron chi connectivity index (χ0n) is 7.97. The molecule has 1 aliphatic rings. The Kier molecular flexibility index (Phi) is 3.01. The van der Waals surface area contributed by atoms with Crippen LogP contribution in [0.5, 0.6) is 0 Å². The van der Waals surface area contributed by atoms with Crippen molar-refractivity contribution in [2.45, 2.75) is 18.9 Å². The van der Waals surface area contributed by atoms with Crippen molar-refractivity contribution in [1.82, 2.24) is 0 Å². The summed E-state index contributed by atoms with van der Waals surface area (Å²) in [7, 11) is 0. The van der Waals surface area contributed by atoms with Gasteiger partial charge in [-0.25, -0.2) is 4.79 Å². The number of hydrogen-bond donors (Lipinski definition) is 0. The highest BCUT2D eigenvalue weighted by Gasteiger charge is 2.24. The van der Waals surface area contributed by atoms with Gasteiger partial charge in [0.1, 0.15) is 17.6 Å². The molecule has 1 aromatic heterocycles. The van der Waals surface area contributed by atoms with E-state index in [1.807, 2.05) is 5.38 Å². The van der Waals surface area contributed by atoms with E-state index in [1.165, 1.54) is 11.3 Å². The predicted molar refractivity (Wildman–Crippen MR) is 53.7 cm³/mol. The van der Waals surface area contributed by atoms with Crippen LogP contribution in [0, 0.1) is 0 Å².